The highest BCUT2D eigenvalue weighted by Gasteiger charge is 2.25. The number of nitrogens with one attached hydrogen (secondary N) is 1. The highest BCUT2D eigenvalue weighted by Crippen LogP contribution is 2.28. The molecule has 38 heavy (non-hydrogen) atoms. The van der Waals surface area contributed by atoms with Crippen molar-refractivity contribution in [2.45, 2.75) is 11.4 Å². The lowest BCUT2D eigenvalue weighted by atomic mass is 10.2. The summed E-state index contributed by atoms with van der Waals surface area (Å²) >= 11 is 5.93. The summed E-state index contributed by atoms with van der Waals surface area (Å²) in [6.45, 7) is 3.26. The van der Waals surface area contributed by atoms with Gasteiger partial charge in [-0.3, -0.25) is 9.10 Å². The minimum Gasteiger partial charge on any atom is -0.493 e. The summed E-state index contributed by atoms with van der Waals surface area (Å²) in [4.78, 5) is 24.7. The number of amides is 1. The van der Waals surface area contributed by atoms with Gasteiger partial charge in [0.1, 0.15) is 0 Å². The number of sulfonamides is 1. The first-order valence-electron chi connectivity index (χ1n) is 11.3. The maximum atomic E-state index is 13.4. The lowest BCUT2D eigenvalue weighted by Crippen LogP contribution is -2.31. The van der Waals surface area contributed by atoms with E-state index in [1.165, 1.54) is 44.6 Å². The van der Waals surface area contributed by atoms with Gasteiger partial charge in [0.05, 0.1) is 36.9 Å². The Bertz CT molecular complexity index is 1410. The molecule has 0 aliphatic carbocycles. The first kappa shape index (κ1) is 28.5. The fourth-order valence-electron chi connectivity index (χ4n) is 3.43. The van der Waals surface area contributed by atoms with Gasteiger partial charge in [-0.15, -0.1) is 6.58 Å². The molecule has 1 N–H and O–H groups in total. The van der Waals surface area contributed by atoms with E-state index in [1.807, 2.05) is 0 Å². The van der Waals surface area contributed by atoms with Crippen LogP contribution < -0.4 is 19.1 Å². The van der Waals surface area contributed by atoms with Crippen molar-refractivity contribution in [2.75, 3.05) is 31.7 Å². The molecule has 1 amide bonds. The molecule has 0 aliphatic heterocycles. The van der Waals surface area contributed by atoms with Crippen LogP contribution in [0.5, 0.6) is 11.5 Å². The maximum Gasteiger partial charge on any atom is 0.338 e. The summed E-state index contributed by atoms with van der Waals surface area (Å²) in [5.74, 6) is -0.299. The Morgan fingerprint density at radius 2 is 1.71 bits per heavy atom. The minimum absolute atomic E-state index is 0.00111. The topological polar surface area (TPSA) is 111 Å². The number of anilines is 1. The van der Waals surface area contributed by atoms with E-state index >= 15 is 0 Å². The molecule has 3 aromatic rings. The van der Waals surface area contributed by atoms with Crippen molar-refractivity contribution in [3.8, 4) is 11.5 Å². The number of hydrogen-bond donors (Lipinski definition) is 1. The standard InChI is InChI=1S/C27H27ClN2O7S/c1-4-14-30(22-11-9-21(28)10-12-22)38(33,34)23-7-5-6-20(16-23)27(32)37-18-26(31)29-17-19-8-13-24(35-2)25(15-19)36-3/h4-13,15-16H,1,14,17-18H2,2-3H3,(H,29,31). The summed E-state index contributed by atoms with van der Waals surface area (Å²) in [5.41, 5.74) is 1.12. The molecule has 3 rings (SSSR count). The van der Waals surface area contributed by atoms with Gasteiger partial charge in [0.2, 0.25) is 0 Å². The largest absolute Gasteiger partial charge is 0.493 e. The van der Waals surface area contributed by atoms with Gasteiger partial charge in [0, 0.05) is 11.6 Å². The summed E-state index contributed by atoms with van der Waals surface area (Å²) in [6.07, 6.45) is 1.45. The van der Waals surface area contributed by atoms with Crippen molar-refractivity contribution in [1.82, 2.24) is 5.32 Å². The second-order valence-electron chi connectivity index (χ2n) is 7.87. The van der Waals surface area contributed by atoms with Gasteiger partial charge < -0.3 is 19.5 Å². The van der Waals surface area contributed by atoms with Gasteiger partial charge in [-0.1, -0.05) is 29.8 Å². The monoisotopic (exact) mass is 558 g/mol. The van der Waals surface area contributed by atoms with Crippen LogP contribution in [0.4, 0.5) is 5.69 Å². The Balaban J connectivity index is 1.65. The Morgan fingerprint density at radius 1 is 1.00 bits per heavy atom. The van der Waals surface area contributed by atoms with Gasteiger partial charge in [-0.2, -0.15) is 0 Å². The average Bonchev–Trinajstić information content (AvgIpc) is 2.93. The summed E-state index contributed by atoms with van der Waals surface area (Å²) in [7, 11) is -1.02. The van der Waals surface area contributed by atoms with Gasteiger partial charge in [0.25, 0.3) is 15.9 Å². The molecule has 0 saturated carbocycles. The molecule has 0 spiro atoms. The fourth-order valence-corrected chi connectivity index (χ4v) is 5.04. The van der Waals surface area contributed by atoms with Crippen molar-refractivity contribution in [3.05, 3.63) is 95.5 Å². The highest BCUT2D eigenvalue weighted by atomic mass is 35.5. The van der Waals surface area contributed by atoms with Crippen LogP contribution in [0.25, 0.3) is 0 Å². The van der Waals surface area contributed by atoms with Crippen LogP contribution in [0.1, 0.15) is 15.9 Å². The molecule has 0 heterocycles. The van der Waals surface area contributed by atoms with E-state index in [0.29, 0.717) is 22.2 Å². The number of rotatable bonds is 12. The summed E-state index contributed by atoms with van der Waals surface area (Å²) in [6, 6.07) is 16.9. The predicted octanol–water partition coefficient (Wildman–Crippen LogP) is 4.21. The Hall–Kier alpha value is -4.02. The smallest absolute Gasteiger partial charge is 0.338 e. The van der Waals surface area contributed by atoms with Crippen LogP contribution in [0, 0.1) is 0 Å². The number of halogens is 1. The molecule has 3 aromatic carbocycles. The predicted molar refractivity (Wildman–Crippen MR) is 144 cm³/mol. The van der Waals surface area contributed by atoms with Crippen molar-refractivity contribution in [3.63, 3.8) is 0 Å². The first-order valence-corrected chi connectivity index (χ1v) is 13.2. The molecule has 200 valence electrons. The van der Waals surface area contributed by atoms with E-state index in [0.717, 1.165) is 9.87 Å². The molecule has 0 unspecified atom stereocenters. The van der Waals surface area contributed by atoms with E-state index < -0.39 is 28.5 Å². The van der Waals surface area contributed by atoms with Crippen LogP contribution in [0.15, 0.2) is 84.3 Å². The summed E-state index contributed by atoms with van der Waals surface area (Å²) in [5, 5.41) is 3.11. The van der Waals surface area contributed by atoms with Crippen LogP contribution in [0.2, 0.25) is 5.02 Å². The van der Waals surface area contributed by atoms with E-state index in [9.17, 15) is 18.0 Å². The normalized spacial score (nSPS) is 10.8. The molecule has 0 saturated heterocycles. The number of esters is 1. The molecule has 11 heteroatoms. The van der Waals surface area contributed by atoms with Crippen LogP contribution in [0.3, 0.4) is 0 Å². The van der Waals surface area contributed by atoms with Gasteiger partial charge in [-0.05, 0) is 60.2 Å². The number of carbonyl (C=O) groups is 2. The third-order valence-electron chi connectivity index (χ3n) is 5.34. The molecular formula is C27H27ClN2O7S. The number of methoxy groups -OCH3 is 2. The number of ether oxygens (including phenoxy) is 3. The van der Waals surface area contributed by atoms with E-state index in [1.54, 1.807) is 42.5 Å². The first-order chi connectivity index (χ1) is 18.2. The summed E-state index contributed by atoms with van der Waals surface area (Å²) < 4.78 is 43.4. The minimum atomic E-state index is -4.05. The van der Waals surface area contributed by atoms with Crippen LogP contribution in [-0.2, 0) is 26.1 Å². The third-order valence-corrected chi connectivity index (χ3v) is 7.38. The lowest BCUT2D eigenvalue weighted by molar-refractivity contribution is -0.124. The molecule has 9 nitrogen and oxygen atoms in total. The van der Waals surface area contributed by atoms with E-state index in [2.05, 4.69) is 11.9 Å². The molecule has 0 aromatic heterocycles. The lowest BCUT2D eigenvalue weighted by Gasteiger charge is -2.23. The van der Waals surface area contributed by atoms with Crippen molar-refractivity contribution in [2.24, 2.45) is 0 Å². The van der Waals surface area contributed by atoms with Gasteiger partial charge >= 0.3 is 5.97 Å². The fraction of sp³-hybridized carbons (Fsp3) is 0.185. The number of hydrogen-bond acceptors (Lipinski definition) is 7. The molecule has 0 fully saturated rings. The Labute approximate surface area is 226 Å². The zero-order chi connectivity index (χ0) is 27.7. The van der Waals surface area contributed by atoms with Crippen molar-refractivity contribution in [1.29, 1.82) is 0 Å². The van der Waals surface area contributed by atoms with Crippen LogP contribution in [-0.4, -0.2) is 47.7 Å². The van der Waals surface area contributed by atoms with Crippen molar-refractivity contribution >= 4 is 39.2 Å². The number of benzene rings is 3. The van der Waals surface area contributed by atoms with Crippen LogP contribution >= 0.6 is 11.6 Å². The second kappa shape index (κ2) is 13.0. The zero-order valence-electron chi connectivity index (χ0n) is 20.8. The average molecular weight is 559 g/mol. The zero-order valence-corrected chi connectivity index (χ0v) is 22.4. The highest BCUT2D eigenvalue weighted by molar-refractivity contribution is 7.92. The Kier molecular flexibility index (Phi) is 9.75. The maximum absolute atomic E-state index is 13.4. The number of carbonyl (C=O) groups excluding carboxylic acids is 2. The molecular weight excluding hydrogens is 532 g/mol. The Morgan fingerprint density at radius 3 is 2.37 bits per heavy atom. The SMILES string of the molecule is C=CCN(c1ccc(Cl)cc1)S(=O)(=O)c1cccc(C(=O)OCC(=O)NCc2ccc(OC)c(OC)c2)c1. The van der Waals surface area contributed by atoms with E-state index in [-0.39, 0.29) is 23.5 Å². The van der Waals surface area contributed by atoms with E-state index in [4.69, 9.17) is 25.8 Å². The third kappa shape index (κ3) is 7.05. The molecule has 0 radical (unpaired) electrons. The van der Waals surface area contributed by atoms with Gasteiger partial charge in [-0.25, -0.2) is 13.2 Å². The second-order valence-corrected chi connectivity index (χ2v) is 10.2. The molecule has 0 atom stereocenters. The quantitative estimate of drug-likeness (QED) is 0.262. The molecule has 0 aliphatic rings. The van der Waals surface area contributed by atoms with Gasteiger partial charge in [0.15, 0.2) is 18.1 Å². The number of nitrogens with zero attached hydrogens (tertiary/aromatic N) is 1. The van der Waals surface area contributed by atoms with Crippen molar-refractivity contribution < 1.29 is 32.2 Å². The molecule has 0 bridgehead atoms.